The van der Waals surface area contributed by atoms with E-state index in [1.165, 1.54) is 16.5 Å². The van der Waals surface area contributed by atoms with Crippen molar-refractivity contribution < 1.29 is 9.90 Å². The molecule has 7 rings (SSSR count). The molecule has 0 saturated carbocycles. The van der Waals surface area contributed by atoms with Gasteiger partial charge in [-0.25, -0.2) is 4.98 Å². The number of aromatic nitrogens is 4. The number of nitrogens with zero attached hydrogens (tertiary/aromatic N) is 3. The van der Waals surface area contributed by atoms with Crippen molar-refractivity contribution in [3.8, 4) is 5.75 Å². The average molecular weight is 531 g/mol. The molecule has 1 aliphatic heterocycles. The van der Waals surface area contributed by atoms with Crippen LogP contribution in [0.3, 0.4) is 0 Å². The molecule has 3 aromatic heterocycles. The Morgan fingerprint density at radius 1 is 1.07 bits per heavy atom. The first kappa shape index (κ1) is 24.2. The topological polar surface area (TPSA) is 99.9 Å². The number of nitrogens with one attached hydrogen (secondary N) is 3. The Labute approximate surface area is 231 Å². The van der Waals surface area contributed by atoms with Gasteiger partial charge in [0.15, 0.2) is 0 Å². The number of phenolic OH excluding ortho intramolecular Hbond substituents is 1. The van der Waals surface area contributed by atoms with Gasteiger partial charge in [0.05, 0.1) is 24.6 Å². The van der Waals surface area contributed by atoms with E-state index in [4.69, 9.17) is 0 Å². The molecule has 0 bridgehead atoms. The van der Waals surface area contributed by atoms with Gasteiger partial charge in [-0.2, -0.15) is 0 Å². The molecule has 2 atom stereocenters. The van der Waals surface area contributed by atoms with Gasteiger partial charge in [-0.15, -0.1) is 0 Å². The van der Waals surface area contributed by atoms with Gasteiger partial charge in [-0.1, -0.05) is 30.3 Å². The molecule has 40 heavy (non-hydrogen) atoms. The van der Waals surface area contributed by atoms with Gasteiger partial charge in [0.25, 0.3) is 0 Å². The maximum atomic E-state index is 12.2. The largest absolute Gasteiger partial charge is 0.508 e. The second kappa shape index (κ2) is 9.73. The third-order valence-electron chi connectivity index (χ3n) is 7.90. The van der Waals surface area contributed by atoms with Crippen LogP contribution in [-0.2, 0) is 31.5 Å². The SMILES string of the molecule is Cn1cnc(Cn2ccc3ccc(CNCc4[nH]c5ccccc5c4C4c5cc(O)ccc5N[C@H]4C=O)cc32)c1. The van der Waals surface area contributed by atoms with E-state index in [0.717, 1.165) is 51.9 Å². The fraction of sp³-hybridized carbons (Fsp3) is 0.188. The molecule has 0 fully saturated rings. The molecule has 1 unspecified atom stereocenters. The van der Waals surface area contributed by atoms with Crippen LogP contribution in [0.2, 0.25) is 0 Å². The molecule has 0 aliphatic carbocycles. The number of H-pyrrole nitrogens is 1. The number of aromatic hydroxyl groups is 1. The number of imidazole rings is 1. The van der Waals surface area contributed by atoms with Crippen molar-refractivity contribution in [2.75, 3.05) is 5.32 Å². The Bertz CT molecular complexity index is 1860. The molecule has 0 radical (unpaired) electrons. The molecular weight excluding hydrogens is 500 g/mol. The van der Waals surface area contributed by atoms with Crippen molar-refractivity contribution in [3.05, 3.63) is 114 Å². The van der Waals surface area contributed by atoms with Crippen molar-refractivity contribution in [2.45, 2.75) is 31.6 Å². The van der Waals surface area contributed by atoms with Crippen LogP contribution in [0.25, 0.3) is 21.8 Å². The van der Waals surface area contributed by atoms with Gasteiger partial charge in [0.1, 0.15) is 12.0 Å². The first-order valence-electron chi connectivity index (χ1n) is 13.5. The van der Waals surface area contributed by atoms with Crippen LogP contribution >= 0.6 is 0 Å². The number of aromatic amines is 1. The summed E-state index contributed by atoms with van der Waals surface area (Å²) < 4.78 is 4.20. The van der Waals surface area contributed by atoms with E-state index in [1.807, 2.05) is 42.3 Å². The maximum absolute atomic E-state index is 12.2. The van der Waals surface area contributed by atoms with Crippen LogP contribution in [-0.4, -0.2) is 36.5 Å². The van der Waals surface area contributed by atoms with Crippen molar-refractivity contribution in [1.82, 2.24) is 24.4 Å². The van der Waals surface area contributed by atoms with E-state index in [2.05, 4.69) is 67.8 Å². The summed E-state index contributed by atoms with van der Waals surface area (Å²) in [7, 11) is 1.98. The Balaban J connectivity index is 1.17. The minimum atomic E-state index is -0.413. The summed E-state index contributed by atoms with van der Waals surface area (Å²) in [5, 5.41) is 19.5. The fourth-order valence-corrected chi connectivity index (χ4v) is 6.09. The monoisotopic (exact) mass is 530 g/mol. The van der Waals surface area contributed by atoms with Crippen molar-refractivity contribution in [1.29, 1.82) is 0 Å². The second-order valence-corrected chi connectivity index (χ2v) is 10.6. The van der Waals surface area contributed by atoms with E-state index in [-0.39, 0.29) is 11.7 Å². The lowest BCUT2D eigenvalue weighted by molar-refractivity contribution is -0.108. The molecule has 4 N–H and O–H groups in total. The smallest absolute Gasteiger partial charge is 0.143 e. The zero-order chi connectivity index (χ0) is 27.2. The Kier molecular flexibility index (Phi) is 5.90. The van der Waals surface area contributed by atoms with Crippen LogP contribution in [0.4, 0.5) is 5.69 Å². The Morgan fingerprint density at radius 2 is 1.98 bits per heavy atom. The summed E-state index contributed by atoms with van der Waals surface area (Å²) in [6, 6.07) is 21.7. The van der Waals surface area contributed by atoms with Crippen molar-refractivity contribution >= 4 is 33.8 Å². The van der Waals surface area contributed by atoms with E-state index >= 15 is 0 Å². The molecule has 4 heterocycles. The van der Waals surface area contributed by atoms with Gasteiger partial charge in [0, 0.05) is 66.2 Å². The number of phenols is 1. The molecule has 8 nitrogen and oxygen atoms in total. The molecular formula is C32H30N6O2. The molecule has 1 aliphatic rings. The molecule has 6 aromatic rings. The van der Waals surface area contributed by atoms with Gasteiger partial charge >= 0.3 is 0 Å². The Hall–Kier alpha value is -4.82. The zero-order valence-corrected chi connectivity index (χ0v) is 22.1. The lowest BCUT2D eigenvalue weighted by atomic mass is 9.86. The fourth-order valence-electron chi connectivity index (χ4n) is 6.09. The van der Waals surface area contributed by atoms with Crippen molar-refractivity contribution in [2.24, 2.45) is 7.05 Å². The summed E-state index contributed by atoms with van der Waals surface area (Å²) in [5.41, 5.74) is 8.36. The number of carbonyl (C=O) groups excluding carboxylic acids is 1. The number of para-hydroxylation sites is 1. The summed E-state index contributed by atoms with van der Waals surface area (Å²) in [6.45, 7) is 2.02. The third kappa shape index (κ3) is 4.23. The second-order valence-electron chi connectivity index (χ2n) is 10.6. The van der Waals surface area contributed by atoms with Gasteiger partial charge in [-0.3, -0.25) is 0 Å². The number of fused-ring (bicyclic) bond motifs is 3. The summed E-state index contributed by atoms with van der Waals surface area (Å²) >= 11 is 0. The van der Waals surface area contributed by atoms with Crippen LogP contribution in [0.15, 0.2) is 85.5 Å². The van der Waals surface area contributed by atoms with Gasteiger partial charge in [-0.05, 0) is 58.5 Å². The van der Waals surface area contributed by atoms with Gasteiger partial charge < -0.3 is 34.7 Å². The van der Waals surface area contributed by atoms with E-state index < -0.39 is 6.04 Å². The van der Waals surface area contributed by atoms with Crippen LogP contribution in [0.1, 0.15) is 34.0 Å². The molecule has 200 valence electrons. The lowest BCUT2D eigenvalue weighted by Gasteiger charge is -2.18. The molecule has 0 spiro atoms. The minimum absolute atomic E-state index is 0.194. The number of aldehydes is 1. The standard InChI is InChI=1S/C32H30N6O2/c1-37-16-22(34-19-37)17-38-11-10-21-7-6-20(12-30(21)38)14-33-15-28-31(24-4-2-3-5-26(24)35-28)32-25-13-23(40)8-9-27(25)36-29(32)18-39/h2-13,16,18-19,29,32-33,35-36,40H,14-15,17H2,1H3/t29-,32?/m0/s1. The van der Waals surface area contributed by atoms with Gasteiger partial charge in [0.2, 0.25) is 0 Å². The third-order valence-corrected chi connectivity index (χ3v) is 7.90. The molecule has 8 heteroatoms. The Morgan fingerprint density at radius 3 is 2.83 bits per heavy atom. The molecule has 0 saturated heterocycles. The average Bonchev–Trinajstić information content (AvgIpc) is 3.73. The van der Waals surface area contributed by atoms with Crippen LogP contribution < -0.4 is 10.6 Å². The number of hydrogen-bond acceptors (Lipinski definition) is 5. The van der Waals surface area contributed by atoms with Crippen LogP contribution in [0, 0.1) is 0 Å². The highest BCUT2D eigenvalue weighted by Crippen LogP contribution is 2.45. The zero-order valence-electron chi connectivity index (χ0n) is 22.1. The molecule has 0 amide bonds. The summed E-state index contributed by atoms with van der Waals surface area (Å²) in [5.74, 6) is -0.0152. The number of benzene rings is 3. The minimum Gasteiger partial charge on any atom is -0.508 e. The highest BCUT2D eigenvalue weighted by Gasteiger charge is 2.36. The number of hydrogen-bond donors (Lipinski definition) is 4. The number of carbonyl (C=O) groups is 1. The number of rotatable bonds is 8. The van der Waals surface area contributed by atoms with E-state index in [1.54, 1.807) is 12.1 Å². The first-order chi connectivity index (χ1) is 19.6. The first-order valence-corrected chi connectivity index (χ1v) is 13.5. The lowest BCUT2D eigenvalue weighted by Crippen LogP contribution is -2.24. The van der Waals surface area contributed by atoms with E-state index in [0.29, 0.717) is 13.1 Å². The van der Waals surface area contributed by atoms with Crippen molar-refractivity contribution in [3.63, 3.8) is 0 Å². The quantitative estimate of drug-likeness (QED) is 0.164. The number of aryl methyl sites for hydroxylation is 1. The summed E-state index contributed by atoms with van der Waals surface area (Å²) in [6.07, 6.45) is 6.96. The molecule has 3 aromatic carbocycles. The predicted octanol–water partition coefficient (Wildman–Crippen LogP) is 5.02. The maximum Gasteiger partial charge on any atom is 0.143 e. The highest BCUT2D eigenvalue weighted by molar-refractivity contribution is 5.89. The number of anilines is 1. The highest BCUT2D eigenvalue weighted by atomic mass is 16.3. The van der Waals surface area contributed by atoms with E-state index in [9.17, 15) is 9.90 Å². The van der Waals surface area contributed by atoms with Crippen LogP contribution in [0.5, 0.6) is 5.75 Å². The summed E-state index contributed by atoms with van der Waals surface area (Å²) in [4.78, 5) is 20.3. The predicted molar refractivity (Wildman–Crippen MR) is 157 cm³/mol. The normalized spacial score (nSPS) is 16.4.